The molecule has 4 heteroatoms. The van der Waals surface area contributed by atoms with E-state index in [0.29, 0.717) is 12.2 Å². The maximum Gasteiger partial charge on any atom is 0.257 e. The van der Waals surface area contributed by atoms with Gasteiger partial charge in [0.2, 0.25) is 5.85 Å². The first kappa shape index (κ1) is 6.91. The van der Waals surface area contributed by atoms with Gasteiger partial charge in [-0.25, -0.2) is 0 Å². The molecule has 13 heavy (non-hydrogen) atoms. The van der Waals surface area contributed by atoms with Crippen molar-refractivity contribution in [2.75, 3.05) is 11.9 Å². The highest BCUT2D eigenvalue weighted by atomic mass is 16.6. The van der Waals surface area contributed by atoms with Crippen molar-refractivity contribution >= 4 is 11.6 Å². The third-order valence-electron chi connectivity index (χ3n) is 2.26. The second-order valence-corrected chi connectivity index (χ2v) is 3.24. The number of anilines is 1. The molecule has 2 aliphatic rings. The monoisotopic (exact) mass is 176 g/mol. The Bertz CT molecular complexity index is 385. The van der Waals surface area contributed by atoms with Crippen molar-refractivity contribution in [2.45, 2.75) is 5.85 Å². The zero-order chi connectivity index (χ0) is 8.89. The van der Waals surface area contributed by atoms with Crippen LogP contribution < -0.4 is 10.6 Å². The lowest BCUT2D eigenvalue weighted by atomic mass is 10.1. The molecule has 2 aliphatic heterocycles. The van der Waals surface area contributed by atoms with Crippen molar-refractivity contribution in [3.05, 3.63) is 29.8 Å². The highest BCUT2D eigenvalue weighted by Gasteiger charge is 2.49. The summed E-state index contributed by atoms with van der Waals surface area (Å²) in [6.07, 6.45) is 0. The van der Waals surface area contributed by atoms with Crippen molar-refractivity contribution in [3.63, 3.8) is 0 Å². The topological polar surface area (TPSA) is 53.7 Å². The van der Waals surface area contributed by atoms with Crippen LogP contribution in [0.4, 0.5) is 5.69 Å². The number of hydrogen-bond donors (Lipinski definition) is 2. The number of carbonyl (C=O) groups excluding carboxylic acids is 1. The van der Waals surface area contributed by atoms with E-state index in [0.717, 1.165) is 5.69 Å². The molecule has 1 atom stereocenters. The van der Waals surface area contributed by atoms with Crippen LogP contribution in [0.3, 0.4) is 0 Å². The molecule has 0 bridgehead atoms. The first-order valence-corrected chi connectivity index (χ1v) is 4.13. The van der Waals surface area contributed by atoms with Crippen LogP contribution in [-0.2, 0) is 4.74 Å². The summed E-state index contributed by atoms with van der Waals surface area (Å²) < 4.78 is 5.12. The standard InChI is InChI=1S/C9H8N2O2/c12-8-6-3-1-2-4-7(6)10-9(11-8)5-13-9/h1-4,10H,5H2,(H,11,12). The molecule has 1 saturated heterocycles. The van der Waals surface area contributed by atoms with E-state index in [9.17, 15) is 4.79 Å². The SMILES string of the molecule is O=C1NC2(CO2)Nc2ccccc21. The fourth-order valence-corrected chi connectivity index (χ4v) is 1.51. The summed E-state index contributed by atoms with van der Waals surface area (Å²) in [5.41, 5.74) is 1.51. The molecular formula is C9H8N2O2. The Morgan fingerprint density at radius 3 is 2.85 bits per heavy atom. The number of para-hydroxylation sites is 1. The Morgan fingerprint density at radius 1 is 1.31 bits per heavy atom. The molecule has 1 unspecified atom stereocenters. The van der Waals surface area contributed by atoms with Crippen LogP contribution in [0.5, 0.6) is 0 Å². The Morgan fingerprint density at radius 2 is 2.08 bits per heavy atom. The molecule has 0 aliphatic carbocycles. The van der Waals surface area contributed by atoms with Crippen molar-refractivity contribution in [1.29, 1.82) is 0 Å². The van der Waals surface area contributed by atoms with Crippen LogP contribution in [0.1, 0.15) is 10.4 Å². The van der Waals surface area contributed by atoms with Crippen LogP contribution in [0.25, 0.3) is 0 Å². The molecular weight excluding hydrogens is 168 g/mol. The molecule has 2 N–H and O–H groups in total. The van der Waals surface area contributed by atoms with Crippen molar-refractivity contribution in [3.8, 4) is 0 Å². The normalized spacial score (nSPS) is 29.1. The maximum absolute atomic E-state index is 11.5. The van der Waals surface area contributed by atoms with E-state index in [-0.39, 0.29) is 5.91 Å². The van der Waals surface area contributed by atoms with E-state index in [2.05, 4.69) is 10.6 Å². The summed E-state index contributed by atoms with van der Waals surface area (Å²) in [7, 11) is 0. The van der Waals surface area contributed by atoms with E-state index >= 15 is 0 Å². The molecule has 0 radical (unpaired) electrons. The first-order valence-electron chi connectivity index (χ1n) is 4.13. The maximum atomic E-state index is 11.5. The second-order valence-electron chi connectivity index (χ2n) is 3.24. The van der Waals surface area contributed by atoms with Gasteiger partial charge in [-0.15, -0.1) is 0 Å². The van der Waals surface area contributed by atoms with E-state index in [1.807, 2.05) is 18.2 Å². The first-order chi connectivity index (χ1) is 6.29. The minimum Gasteiger partial charge on any atom is -0.338 e. The lowest BCUT2D eigenvalue weighted by Crippen LogP contribution is -2.48. The summed E-state index contributed by atoms with van der Waals surface area (Å²) in [4.78, 5) is 11.5. The van der Waals surface area contributed by atoms with E-state index in [1.165, 1.54) is 0 Å². The van der Waals surface area contributed by atoms with Crippen molar-refractivity contribution < 1.29 is 9.53 Å². The molecule has 66 valence electrons. The van der Waals surface area contributed by atoms with Crippen molar-refractivity contribution in [1.82, 2.24) is 5.32 Å². The van der Waals surface area contributed by atoms with Gasteiger partial charge in [0.15, 0.2) is 0 Å². The number of epoxide rings is 1. The highest BCUT2D eigenvalue weighted by Crippen LogP contribution is 2.32. The molecule has 1 amide bonds. The molecule has 1 fully saturated rings. The average molecular weight is 176 g/mol. The molecule has 1 aromatic rings. The average Bonchev–Trinajstić information content (AvgIpc) is 2.85. The van der Waals surface area contributed by atoms with E-state index < -0.39 is 5.85 Å². The van der Waals surface area contributed by atoms with Crippen LogP contribution in [0.15, 0.2) is 24.3 Å². The number of rotatable bonds is 0. The van der Waals surface area contributed by atoms with Gasteiger partial charge in [0.1, 0.15) is 6.61 Å². The zero-order valence-corrected chi connectivity index (χ0v) is 6.83. The Hall–Kier alpha value is -1.55. The molecule has 2 heterocycles. The molecule has 3 rings (SSSR count). The number of hydrogen-bond acceptors (Lipinski definition) is 3. The largest absolute Gasteiger partial charge is 0.338 e. The van der Waals surface area contributed by atoms with Gasteiger partial charge >= 0.3 is 0 Å². The van der Waals surface area contributed by atoms with Crippen LogP contribution in [-0.4, -0.2) is 18.4 Å². The Kier molecular flexibility index (Phi) is 1.08. The Labute approximate surface area is 74.9 Å². The summed E-state index contributed by atoms with van der Waals surface area (Å²) in [5.74, 6) is -0.683. The second kappa shape index (κ2) is 2.03. The van der Waals surface area contributed by atoms with Crippen LogP contribution in [0, 0.1) is 0 Å². The van der Waals surface area contributed by atoms with Gasteiger partial charge in [-0.1, -0.05) is 12.1 Å². The number of carbonyl (C=O) groups is 1. The number of ether oxygens (including phenoxy) is 1. The Balaban J connectivity index is 2.10. The van der Waals surface area contributed by atoms with Gasteiger partial charge in [0.05, 0.1) is 11.3 Å². The summed E-state index contributed by atoms with van der Waals surface area (Å²) in [6.45, 7) is 0.535. The molecule has 4 nitrogen and oxygen atoms in total. The van der Waals surface area contributed by atoms with Crippen LogP contribution in [0.2, 0.25) is 0 Å². The summed E-state index contributed by atoms with van der Waals surface area (Å²) in [5, 5.41) is 5.87. The van der Waals surface area contributed by atoms with Gasteiger partial charge in [-0.3, -0.25) is 4.79 Å². The molecule has 0 saturated carbocycles. The minimum atomic E-state index is -0.606. The molecule has 1 spiro atoms. The quantitative estimate of drug-likeness (QED) is 0.567. The predicted octanol–water partition coefficient (Wildman–Crippen LogP) is 0.526. The number of amides is 1. The number of benzene rings is 1. The van der Waals surface area contributed by atoms with E-state index in [1.54, 1.807) is 6.07 Å². The minimum absolute atomic E-state index is 0.0770. The van der Waals surface area contributed by atoms with Crippen LogP contribution >= 0.6 is 0 Å². The summed E-state index contributed by atoms with van der Waals surface area (Å²) in [6, 6.07) is 7.39. The lowest BCUT2D eigenvalue weighted by molar-refractivity contribution is 0.0895. The van der Waals surface area contributed by atoms with Gasteiger partial charge in [-0.05, 0) is 12.1 Å². The molecule has 1 aromatic carbocycles. The van der Waals surface area contributed by atoms with Gasteiger partial charge in [0, 0.05) is 0 Å². The van der Waals surface area contributed by atoms with Gasteiger partial charge in [0.25, 0.3) is 5.91 Å². The molecule has 0 aromatic heterocycles. The number of nitrogens with one attached hydrogen (secondary N) is 2. The third-order valence-corrected chi connectivity index (χ3v) is 2.26. The highest BCUT2D eigenvalue weighted by molar-refractivity contribution is 6.02. The summed E-state index contributed by atoms with van der Waals surface area (Å²) >= 11 is 0. The fraction of sp³-hybridized carbons (Fsp3) is 0.222. The van der Waals surface area contributed by atoms with Crippen molar-refractivity contribution in [2.24, 2.45) is 0 Å². The predicted molar refractivity (Wildman–Crippen MR) is 46.2 cm³/mol. The van der Waals surface area contributed by atoms with E-state index in [4.69, 9.17) is 4.74 Å². The number of fused-ring (bicyclic) bond motifs is 1. The zero-order valence-electron chi connectivity index (χ0n) is 6.83. The fourth-order valence-electron chi connectivity index (χ4n) is 1.51. The lowest BCUT2D eigenvalue weighted by Gasteiger charge is -2.24. The van der Waals surface area contributed by atoms with Gasteiger partial charge in [-0.2, -0.15) is 0 Å². The third kappa shape index (κ3) is 0.922. The van der Waals surface area contributed by atoms with Gasteiger partial charge < -0.3 is 15.4 Å². The smallest absolute Gasteiger partial charge is 0.257 e.